The predicted molar refractivity (Wildman–Crippen MR) is 87.8 cm³/mol. The Balaban J connectivity index is 2.65. The van der Waals surface area contributed by atoms with Crippen molar-refractivity contribution in [2.24, 2.45) is 0 Å². The lowest BCUT2D eigenvalue weighted by molar-refractivity contribution is 1.30. The molecule has 0 atom stereocenters. The van der Waals surface area contributed by atoms with E-state index < -0.39 is 0 Å². The van der Waals surface area contributed by atoms with Gasteiger partial charge in [0.15, 0.2) is 0 Å². The van der Waals surface area contributed by atoms with Crippen LogP contribution in [-0.2, 0) is 0 Å². The van der Waals surface area contributed by atoms with Gasteiger partial charge in [0.05, 0.1) is 9.99 Å². The van der Waals surface area contributed by atoms with E-state index in [0.29, 0.717) is 0 Å². The molecule has 0 bridgehead atoms. The van der Waals surface area contributed by atoms with Crippen LogP contribution in [0.4, 0.5) is 0 Å². The summed E-state index contributed by atoms with van der Waals surface area (Å²) in [6, 6.07) is 6.00. The van der Waals surface area contributed by atoms with Crippen LogP contribution in [0.1, 0.15) is 0 Å². The van der Waals surface area contributed by atoms with Crippen molar-refractivity contribution in [2.45, 2.75) is 0 Å². The van der Waals surface area contributed by atoms with Crippen LogP contribution < -0.4 is 0 Å². The number of fused-ring (bicyclic) bond motifs is 3. The monoisotopic (exact) mass is 492 g/mol. The molecule has 2 aromatic heterocycles. The molecule has 0 N–H and O–H groups in total. The number of pyridine rings is 2. The van der Waals surface area contributed by atoms with Crippen molar-refractivity contribution in [2.75, 3.05) is 0 Å². The smallest absolute Gasteiger partial charge is 0.122 e. The second kappa shape index (κ2) is 4.81. The van der Waals surface area contributed by atoms with E-state index in [-0.39, 0.29) is 0 Å². The van der Waals surface area contributed by atoms with Crippen molar-refractivity contribution in [3.8, 4) is 0 Å². The lowest BCUT2D eigenvalue weighted by atomic mass is 10.1. The van der Waals surface area contributed by atoms with Crippen LogP contribution >= 0.6 is 63.7 Å². The third kappa shape index (κ3) is 1.94. The highest BCUT2D eigenvalue weighted by Crippen LogP contribution is 2.40. The topological polar surface area (TPSA) is 25.8 Å². The SMILES string of the molecule is Brc1nc2c(c(Br)cc3cccnc32)c(Br)c1Br. The molecule has 6 heteroatoms. The van der Waals surface area contributed by atoms with E-state index in [1.54, 1.807) is 6.20 Å². The summed E-state index contributed by atoms with van der Waals surface area (Å²) in [5, 5.41) is 2.07. The highest BCUT2D eigenvalue weighted by molar-refractivity contribution is 9.14. The molecule has 1 aromatic carbocycles. The number of benzene rings is 1. The van der Waals surface area contributed by atoms with Gasteiger partial charge in [-0.1, -0.05) is 22.0 Å². The van der Waals surface area contributed by atoms with Crippen LogP contribution in [0.5, 0.6) is 0 Å². The van der Waals surface area contributed by atoms with E-state index >= 15 is 0 Å². The molecule has 0 aliphatic heterocycles. The maximum Gasteiger partial charge on any atom is 0.122 e. The van der Waals surface area contributed by atoms with E-state index in [4.69, 9.17) is 0 Å². The third-order valence-corrected chi connectivity index (χ3v) is 6.45. The van der Waals surface area contributed by atoms with Gasteiger partial charge in [-0.2, -0.15) is 0 Å². The third-order valence-electron chi connectivity index (χ3n) is 2.62. The average Bonchev–Trinajstić information content (AvgIpc) is 2.35. The first kappa shape index (κ1) is 13.0. The Morgan fingerprint density at radius 2 is 1.72 bits per heavy atom. The molecule has 0 saturated carbocycles. The largest absolute Gasteiger partial charge is 0.254 e. The molecule has 90 valence electrons. The fourth-order valence-corrected chi connectivity index (χ4v) is 4.25. The molecule has 3 rings (SSSR count). The molecule has 0 unspecified atom stereocenters. The summed E-state index contributed by atoms with van der Waals surface area (Å²) >= 11 is 14.1. The summed E-state index contributed by atoms with van der Waals surface area (Å²) in [5.74, 6) is 0. The van der Waals surface area contributed by atoms with Crippen molar-refractivity contribution in [3.05, 3.63) is 42.4 Å². The maximum absolute atomic E-state index is 4.57. The number of aromatic nitrogens is 2. The van der Waals surface area contributed by atoms with Gasteiger partial charge in [-0.3, -0.25) is 4.98 Å². The Hall–Kier alpha value is -0.0400. The molecular weight excluding hydrogens is 492 g/mol. The molecule has 0 saturated heterocycles. The molecular formula is C12H4Br4N2. The highest BCUT2D eigenvalue weighted by Gasteiger charge is 2.15. The van der Waals surface area contributed by atoms with Crippen molar-refractivity contribution in [1.82, 2.24) is 9.97 Å². The van der Waals surface area contributed by atoms with E-state index in [1.165, 1.54) is 0 Å². The van der Waals surface area contributed by atoms with Gasteiger partial charge in [-0.15, -0.1) is 0 Å². The predicted octanol–water partition coefficient (Wildman–Crippen LogP) is 5.83. The first-order chi connectivity index (χ1) is 8.59. The summed E-state index contributed by atoms with van der Waals surface area (Å²) in [6.07, 6.45) is 1.78. The molecule has 0 fully saturated rings. The zero-order valence-electron chi connectivity index (χ0n) is 8.72. The molecule has 2 nitrogen and oxygen atoms in total. The molecule has 2 heterocycles. The Bertz CT molecular complexity index is 786. The van der Waals surface area contributed by atoms with E-state index in [1.807, 2.05) is 12.1 Å². The van der Waals surface area contributed by atoms with Crippen LogP contribution in [0, 0.1) is 0 Å². The Morgan fingerprint density at radius 3 is 2.50 bits per heavy atom. The molecule has 0 radical (unpaired) electrons. The summed E-state index contributed by atoms with van der Waals surface area (Å²) in [6.45, 7) is 0. The lowest BCUT2D eigenvalue weighted by Crippen LogP contribution is -1.90. The van der Waals surface area contributed by atoms with Gasteiger partial charge in [0.2, 0.25) is 0 Å². The quantitative estimate of drug-likeness (QED) is 0.290. The highest BCUT2D eigenvalue weighted by atomic mass is 79.9. The van der Waals surface area contributed by atoms with E-state index in [9.17, 15) is 0 Å². The van der Waals surface area contributed by atoms with Crippen LogP contribution in [0.25, 0.3) is 21.8 Å². The van der Waals surface area contributed by atoms with Gasteiger partial charge >= 0.3 is 0 Å². The van der Waals surface area contributed by atoms with Gasteiger partial charge in [-0.25, -0.2) is 4.98 Å². The summed E-state index contributed by atoms with van der Waals surface area (Å²) in [7, 11) is 0. The van der Waals surface area contributed by atoms with Crippen LogP contribution in [-0.4, -0.2) is 9.97 Å². The van der Waals surface area contributed by atoms with Crippen molar-refractivity contribution < 1.29 is 0 Å². The molecule has 0 spiro atoms. The van der Waals surface area contributed by atoms with Gasteiger partial charge in [-0.05, 0) is 59.9 Å². The second-order valence-electron chi connectivity index (χ2n) is 3.69. The van der Waals surface area contributed by atoms with Gasteiger partial charge in [0.25, 0.3) is 0 Å². The summed E-state index contributed by atoms with van der Waals surface area (Å²) in [5.41, 5.74) is 1.76. The van der Waals surface area contributed by atoms with Crippen molar-refractivity contribution in [3.63, 3.8) is 0 Å². The van der Waals surface area contributed by atoms with E-state index in [2.05, 4.69) is 79.8 Å². The lowest BCUT2D eigenvalue weighted by Gasteiger charge is -2.09. The number of rotatable bonds is 0. The van der Waals surface area contributed by atoms with Gasteiger partial charge in [0, 0.05) is 25.9 Å². The standard InChI is InChI=1S/C12H4Br4N2/c13-6-4-5-2-1-3-17-10(5)11-7(6)8(14)9(15)12(16)18-11/h1-4H. The first-order valence-electron chi connectivity index (χ1n) is 4.97. The Kier molecular flexibility index (Phi) is 3.47. The molecule has 0 amide bonds. The van der Waals surface area contributed by atoms with Crippen LogP contribution in [0.3, 0.4) is 0 Å². The van der Waals surface area contributed by atoms with Crippen molar-refractivity contribution in [1.29, 1.82) is 0 Å². The maximum atomic E-state index is 4.57. The van der Waals surface area contributed by atoms with Crippen LogP contribution in [0.15, 0.2) is 42.4 Å². The fourth-order valence-electron chi connectivity index (χ4n) is 1.84. The summed E-state index contributed by atoms with van der Waals surface area (Å²) in [4.78, 5) is 8.99. The normalized spacial score (nSPS) is 11.3. The number of halogens is 4. The molecule has 3 aromatic rings. The van der Waals surface area contributed by atoms with Gasteiger partial charge in [0.1, 0.15) is 10.1 Å². The molecule has 0 aliphatic carbocycles. The number of nitrogens with zero attached hydrogens (tertiary/aromatic N) is 2. The number of hydrogen-bond acceptors (Lipinski definition) is 2. The Morgan fingerprint density at radius 1 is 0.944 bits per heavy atom. The Labute approximate surface area is 137 Å². The number of hydrogen-bond donors (Lipinski definition) is 0. The van der Waals surface area contributed by atoms with Gasteiger partial charge < -0.3 is 0 Å². The minimum absolute atomic E-state index is 0.756. The summed E-state index contributed by atoms with van der Waals surface area (Å²) < 4.78 is 3.60. The van der Waals surface area contributed by atoms with Crippen LogP contribution in [0.2, 0.25) is 0 Å². The first-order valence-corrected chi connectivity index (χ1v) is 8.14. The fraction of sp³-hybridized carbons (Fsp3) is 0. The second-order valence-corrected chi connectivity index (χ2v) is 6.88. The average molecular weight is 496 g/mol. The minimum Gasteiger partial charge on any atom is -0.254 e. The van der Waals surface area contributed by atoms with Crippen molar-refractivity contribution >= 4 is 85.5 Å². The zero-order chi connectivity index (χ0) is 12.9. The zero-order valence-corrected chi connectivity index (χ0v) is 15.1. The minimum atomic E-state index is 0.756. The van der Waals surface area contributed by atoms with E-state index in [0.717, 1.165) is 39.8 Å². The molecule has 0 aliphatic rings. The molecule has 18 heavy (non-hydrogen) atoms.